The fourth-order valence-electron chi connectivity index (χ4n) is 1.35. The molecule has 0 aliphatic carbocycles. The van der Waals surface area contributed by atoms with Crippen molar-refractivity contribution in [2.75, 3.05) is 6.54 Å². The molecule has 0 fully saturated rings. The first-order chi connectivity index (χ1) is 6.66. The maximum Gasteiger partial charge on any atom is 0.174 e. The van der Waals surface area contributed by atoms with E-state index in [1.54, 1.807) is 6.26 Å². The van der Waals surface area contributed by atoms with Gasteiger partial charge in [0.1, 0.15) is 0 Å². The van der Waals surface area contributed by atoms with Crippen LogP contribution >= 0.6 is 15.9 Å². The molecule has 0 radical (unpaired) electrons. The molecular formula is C11H16BrNO. The van der Waals surface area contributed by atoms with Crippen LogP contribution < -0.4 is 5.32 Å². The highest BCUT2D eigenvalue weighted by molar-refractivity contribution is 9.10. The van der Waals surface area contributed by atoms with E-state index in [0.717, 1.165) is 28.8 Å². The van der Waals surface area contributed by atoms with E-state index >= 15 is 0 Å². The molecule has 0 aliphatic rings. The molecule has 0 bridgehead atoms. The summed E-state index contributed by atoms with van der Waals surface area (Å²) in [7, 11) is 0. The SMILES string of the molecule is C=C(C)C(NCCC)c1ccoc1Br. The zero-order valence-electron chi connectivity index (χ0n) is 8.64. The predicted molar refractivity (Wildman–Crippen MR) is 62.3 cm³/mol. The molecule has 0 amide bonds. The van der Waals surface area contributed by atoms with Crippen LogP contribution in [-0.4, -0.2) is 6.54 Å². The van der Waals surface area contributed by atoms with E-state index in [9.17, 15) is 0 Å². The van der Waals surface area contributed by atoms with Crippen molar-refractivity contribution in [1.29, 1.82) is 0 Å². The minimum absolute atomic E-state index is 0.183. The Kier molecular flexibility index (Phi) is 4.42. The summed E-state index contributed by atoms with van der Waals surface area (Å²) in [5, 5.41) is 3.42. The van der Waals surface area contributed by atoms with Gasteiger partial charge < -0.3 is 9.73 Å². The van der Waals surface area contributed by atoms with Crippen LogP contribution in [-0.2, 0) is 0 Å². The van der Waals surface area contributed by atoms with Crippen molar-refractivity contribution in [3.63, 3.8) is 0 Å². The Morgan fingerprint density at radius 2 is 2.43 bits per heavy atom. The van der Waals surface area contributed by atoms with Gasteiger partial charge >= 0.3 is 0 Å². The molecule has 0 saturated carbocycles. The molecule has 1 aromatic heterocycles. The molecule has 1 heterocycles. The highest BCUT2D eigenvalue weighted by Crippen LogP contribution is 2.28. The summed E-state index contributed by atoms with van der Waals surface area (Å²) >= 11 is 3.38. The smallest absolute Gasteiger partial charge is 0.174 e. The summed E-state index contributed by atoms with van der Waals surface area (Å²) in [5.74, 6) is 0. The van der Waals surface area contributed by atoms with Crippen molar-refractivity contribution in [3.05, 3.63) is 34.7 Å². The minimum Gasteiger partial charge on any atom is -0.457 e. The van der Waals surface area contributed by atoms with Gasteiger partial charge in [-0.1, -0.05) is 19.1 Å². The third-order valence-corrected chi connectivity index (χ3v) is 2.69. The summed E-state index contributed by atoms with van der Waals surface area (Å²) in [4.78, 5) is 0. The van der Waals surface area contributed by atoms with Crippen molar-refractivity contribution in [2.45, 2.75) is 26.3 Å². The summed E-state index contributed by atoms with van der Waals surface area (Å²) in [6.45, 7) is 9.13. The van der Waals surface area contributed by atoms with Crippen LogP contribution in [0.15, 0.2) is 33.6 Å². The Morgan fingerprint density at radius 3 is 2.86 bits per heavy atom. The van der Waals surface area contributed by atoms with Crippen LogP contribution in [0.4, 0.5) is 0 Å². The zero-order chi connectivity index (χ0) is 10.6. The molecule has 1 aromatic rings. The van der Waals surface area contributed by atoms with Gasteiger partial charge in [-0.2, -0.15) is 0 Å². The minimum atomic E-state index is 0.183. The van der Waals surface area contributed by atoms with Gasteiger partial charge in [0.15, 0.2) is 4.67 Å². The molecular weight excluding hydrogens is 242 g/mol. The van der Waals surface area contributed by atoms with Gasteiger partial charge in [-0.15, -0.1) is 0 Å². The average Bonchev–Trinajstić information content (AvgIpc) is 2.52. The van der Waals surface area contributed by atoms with E-state index in [0.29, 0.717) is 0 Å². The number of furan rings is 1. The van der Waals surface area contributed by atoms with E-state index < -0.39 is 0 Å². The first-order valence-corrected chi connectivity index (χ1v) is 5.57. The van der Waals surface area contributed by atoms with Crippen molar-refractivity contribution < 1.29 is 4.42 Å². The monoisotopic (exact) mass is 257 g/mol. The number of halogens is 1. The number of hydrogen-bond acceptors (Lipinski definition) is 2. The van der Waals surface area contributed by atoms with Crippen molar-refractivity contribution in [2.24, 2.45) is 0 Å². The molecule has 14 heavy (non-hydrogen) atoms. The summed E-state index contributed by atoms with van der Waals surface area (Å²) in [6.07, 6.45) is 2.79. The van der Waals surface area contributed by atoms with E-state index in [1.807, 2.05) is 13.0 Å². The average molecular weight is 258 g/mol. The summed E-state index contributed by atoms with van der Waals surface area (Å²) < 4.78 is 6.00. The first kappa shape index (κ1) is 11.5. The maximum absolute atomic E-state index is 5.21. The maximum atomic E-state index is 5.21. The van der Waals surface area contributed by atoms with Crippen LogP contribution in [0.5, 0.6) is 0 Å². The number of rotatable bonds is 5. The Balaban J connectivity index is 2.78. The first-order valence-electron chi connectivity index (χ1n) is 4.78. The lowest BCUT2D eigenvalue weighted by molar-refractivity contribution is 0.522. The topological polar surface area (TPSA) is 25.2 Å². The van der Waals surface area contributed by atoms with Crippen LogP contribution in [0, 0.1) is 0 Å². The van der Waals surface area contributed by atoms with Crippen molar-refractivity contribution in [1.82, 2.24) is 5.32 Å². The quantitative estimate of drug-likeness (QED) is 0.815. The van der Waals surface area contributed by atoms with E-state index in [-0.39, 0.29) is 6.04 Å². The Bertz CT molecular complexity index is 306. The molecule has 1 atom stereocenters. The lowest BCUT2D eigenvalue weighted by Crippen LogP contribution is -2.22. The Morgan fingerprint density at radius 1 is 1.71 bits per heavy atom. The third-order valence-electron chi connectivity index (χ3n) is 2.05. The summed E-state index contributed by atoms with van der Waals surface area (Å²) in [5.41, 5.74) is 2.21. The number of nitrogens with one attached hydrogen (secondary N) is 1. The van der Waals surface area contributed by atoms with Gasteiger partial charge in [0.05, 0.1) is 12.3 Å². The number of hydrogen-bond donors (Lipinski definition) is 1. The van der Waals surface area contributed by atoms with Gasteiger partial charge in [-0.25, -0.2) is 0 Å². The van der Waals surface area contributed by atoms with Crippen LogP contribution in [0.3, 0.4) is 0 Å². The second kappa shape index (κ2) is 5.37. The fourth-order valence-corrected chi connectivity index (χ4v) is 1.82. The molecule has 2 nitrogen and oxygen atoms in total. The van der Waals surface area contributed by atoms with Crippen molar-refractivity contribution in [3.8, 4) is 0 Å². The lowest BCUT2D eigenvalue weighted by atomic mass is 10.0. The summed E-state index contributed by atoms with van der Waals surface area (Å²) in [6, 6.07) is 2.15. The predicted octanol–water partition coefficient (Wildman–Crippen LogP) is 3.66. The molecule has 1 rings (SSSR count). The molecule has 0 saturated heterocycles. The van der Waals surface area contributed by atoms with Crippen LogP contribution in [0.2, 0.25) is 0 Å². The second-order valence-electron chi connectivity index (χ2n) is 3.38. The zero-order valence-corrected chi connectivity index (χ0v) is 10.2. The lowest BCUT2D eigenvalue weighted by Gasteiger charge is -2.17. The van der Waals surface area contributed by atoms with E-state index in [1.165, 1.54) is 0 Å². The third kappa shape index (κ3) is 2.72. The molecule has 0 spiro atoms. The molecule has 1 N–H and O–H groups in total. The van der Waals surface area contributed by atoms with E-state index in [4.69, 9.17) is 4.42 Å². The molecule has 0 aromatic carbocycles. The van der Waals surface area contributed by atoms with Crippen molar-refractivity contribution >= 4 is 15.9 Å². The Labute approximate surface area is 93.5 Å². The normalized spacial score (nSPS) is 12.8. The fraction of sp³-hybridized carbons (Fsp3) is 0.455. The van der Waals surface area contributed by atoms with Gasteiger partial charge in [0.2, 0.25) is 0 Å². The molecule has 78 valence electrons. The van der Waals surface area contributed by atoms with Gasteiger partial charge in [0.25, 0.3) is 0 Å². The van der Waals surface area contributed by atoms with Crippen LogP contribution in [0.25, 0.3) is 0 Å². The highest BCUT2D eigenvalue weighted by atomic mass is 79.9. The van der Waals surface area contributed by atoms with Gasteiger partial charge in [-0.05, 0) is 41.9 Å². The highest BCUT2D eigenvalue weighted by Gasteiger charge is 2.16. The molecule has 1 unspecified atom stereocenters. The molecule has 3 heteroatoms. The largest absolute Gasteiger partial charge is 0.457 e. The van der Waals surface area contributed by atoms with E-state index in [2.05, 4.69) is 34.7 Å². The van der Waals surface area contributed by atoms with Gasteiger partial charge in [0, 0.05) is 5.56 Å². The van der Waals surface area contributed by atoms with Crippen LogP contribution in [0.1, 0.15) is 31.9 Å². The second-order valence-corrected chi connectivity index (χ2v) is 4.10. The molecule has 0 aliphatic heterocycles. The Hall–Kier alpha value is -0.540. The standard InChI is InChI=1S/C11H16BrNO/c1-4-6-13-10(8(2)3)9-5-7-14-11(9)12/h5,7,10,13H,2,4,6H2,1,3H3. The van der Waals surface area contributed by atoms with Gasteiger partial charge in [-0.3, -0.25) is 0 Å².